The Morgan fingerprint density at radius 2 is 2.47 bits per heavy atom. The van der Waals surface area contributed by atoms with Gasteiger partial charge in [0.2, 0.25) is 0 Å². The molecule has 1 aliphatic heterocycles. The Bertz CT molecular complexity index is 389. The maximum atomic E-state index is 11.5. The van der Waals surface area contributed by atoms with Crippen LogP contribution in [0.3, 0.4) is 0 Å². The molecule has 80 valence electrons. The van der Waals surface area contributed by atoms with Gasteiger partial charge in [0.15, 0.2) is 0 Å². The number of benzene rings is 1. The van der Waals surface area contributed by atoms with E-state index in [1.807, 2.05) is 6.07 Å². The maximum Gasteiger partial charge on any atom is 0.328 e. The molecule has 1 heterocycles. The van der Waals surface area contributed by atoms with Crippen molar-refractivity contribution in [2.75, 3.05) is 11.9 Å². The monoisotopic (exact) mass is 207 g/mol. The van der Waals surface area contributed by atoms with Gasteiger partial charge in [-0.2, -0.15) is 0 Å². The minimum atomic E-state index is -0.318. The number of fused-ring (bicyclic) bond motifs is 1. The van der Waals surface area contributed by atoms with Gasteiger partial charge in [0, 0.05) is 18.2 Å². The largest absolute Gasteiger partial charge is 0.508 e. The first-order valence-electron chi connectivity index (χ1n) is 4.95. The summed E-state index contributed by atoms with van der Waals surface area (Å²) in [5.41, 5.74) is 1.85. The lowest BCUT2D eigenvalue weighted by atomic mass is 10.1. The zero-order chi connectivity index (χ0) is 10.8. The molecule has 0 unspecified atom stereocenters. The number of rotatable bonds is 2. The van der Waals surface area contributed by atoms with E-state index in [1.54, 1.807) is 19.1 Å². The van der Waals surface area contributed by atoms with Gasteiger partial charge in [0.05, 0.1) is 6.61 Å². The predicted octanol–water partition coefficient (Wildman–Crippen LogP) is 1.29. The highest BCUT2D eigenvalue weighted by atomic mass is 16.5. The van der Waals surface area contributed by atoms with E-state index < -0.39 is 0 Å². The second kappa shape index (κ2) is 3.81. The second-order valence-corrected chi connectivity index (χ2v) is 3.49. The minimum Gasteiger partial charge on any atom is -0.508 e. The van der Waals surface area contributed by atoms with E-state index in [0.29, 0.717) is 13.0 Å². The second-order valence-electron chi connectivity index (χ2n) is 3.49. The molecule has 0 spiro atoms. The molecule has 1 aromatic carbocycles. The molecular weight excluding hydrogens is 194 g/mol. The number of esters is 1. The number of anilines is 1. The number of aromatic hydroxyl groups is 1. The van der Waals surface area contributed by atoms with Crippen molar-refractivity contribution in [3.05, 3.63) is 23.8 Å². The molecule has 2 N–H and O–H groups in total. The van der Waals surface area contributed by atoms with Gasteiger partial charge in [0.1, 0.15) is 11.8 Å². The molecule has 0 saturated heterocycles. The van der Waals surface area contributed by atoms with Crippen molar-refractivity contribution in [3.8, 4) is 5.75 Å². The average Bonchev–Trinajstić information content (AvgIpc) is 2.60. The van der Waals surface area contributed by atoms with E-state index in [0.717, 1.165) is 11.3 Å². The van der Waals surface area contributed by atoms with Crippen LogP contribution in [-0.2, 0) is 16.0 Å². The van der Waals surface area contributed by atoms with E-state index >= 15 is 0 Å². The Morgan fingerprint density at radius 1 is 1.67 bits per heavy atom. The first-order valence-corrected chi connectivity index (χ1v) is 4.95. The van der Waals surface area contributed by atoms with Crippen molar-refractivity contribution in [2.45, 2.75) is 19.4 Å². The molecule has 0 radical (unpaired) electrons. The molecule has 0 aromatic heterocycles. The van der Waals surface area contributed by atoms with E-state index in [2.05, 4.69) is 5.32 Å². The highest BCUT2D eigenvalue weighted by Crippen LogP contribution is 2.29. The van der Waals surface area contributed by atoms with Crippen LogP contribution in [0.25, 0.3) is 0 Å². The van der Waals surface area contributed by atoms with E-state index in [4.69, 9.17) is 4.74 Å². The molecule has 0 aliphatic carbocycles. The first kappa shape index (κ1) is 9.83. The fourth-order valence-electron chi connectivity index (χ4n) is 1.72. The Kier molecular flexibility index (Phi) is 2.49. The summed E-state index contributed by atoms with van der Waals surface area (Å²) in [5, 5.41) is 12.3. The van der Waals surface area contributed by atoms with Crippen molar-refractivity contribution in [2.24, 2.45) is 0 Å². The van der Waals surface area contributed by atoms with Crippen LogP contribution in [0.15, 0.2) is 18.2 Å². The van der Waals surface area contributed by atoms with Gasteiger partial charge in [-0.25, -0.2) is 4.79 Å². The average molecular weight is 207 g/mol. The Labute approximate surface area is 87.9 Å². The van der Waals surface area contributed by atoms with Crippen LogP contribution in [0.5, 0.6) is 5.75 Å². The molecule has 1 aliphatic rings. The zero-order valence-electron chi connectivity index (χ0n) is 8.49. The molecule has 15 heavy (non-hydrogen) atoms. The normalized spacial score (nSPS) is 18.1. The fourth-order valence-corrected chi connectivity index (χ4v) is 1.72. The van der Waals surface area contributed by atoms with Crippen LogP contribution in [0, 0.1) is 0 Å². The van der Waals surface area contributed by atoms with Crippen molar-refractivity contribution in [1.82, 2.24) is 0 Å². The predicted molar refractivity (Wildman–Crippen MR) is 55.9 cm³/mol. The smallest absolute Gasteiger partial charge is 0.328 e. The number of carbonyl (C=O) groups is 1. The molecule has 0 amide bonds. The van der Waals surface area contributed by atoms with Crippen molar-refractivity contribution in [3.63, 3.8) is 0 Å². The summed E-state index contributed by atoms with van der Waals surface area (Å²) in [6.07, 6.45) is 0.619. The van der Waals surface area contributed by atoms with Gasteiger partial charge >= 0.3 is 5.97 Å². The van der Waals surface area contributed by atoms with Crippen LogP contribution in [0.2, 0.25) is 0 Å². The topological polar surface area (TPSA) is 58.6 Å². The van der Waals surface area contributed by atoms with Crippen molar-refractivity contribution >= 4 is 11.7 Å². The summed E-state index contributed by atoms with van der Waals surface area (Å²) in [6.45, 7) is 2.17. The van der Waals surface area contributed by atoms with Crippen LogP contribution in [0.4, 0.5) is 5.69 Å². The zero-order valence-corrected chi connectivity index (χ0v) is 8.49. The van der Waals surface area contributed by atoms with Crippen LogP contribution < -0.4 is 5.32 Å². The number of phenolic OH excluding ortho intramolecular Hbond substituents is 1. The highest BCUT2D eigenvalue weighted by molar-refractivity contribution is 5.83. The number of carbonyl (C=O) groups excluding carboxylic acids is 1. The molecule has 1 aromatic rings. The van der Waals surface area contributed by atoms with Crippen LogP contribution in [0.1, 0.15) is 12.5 Å². The summed E-state index contributed by atoms with van der Waals surface area (Å²) in [7, 11) is 0. The minimum absolute atomic E-state index is 0.200. The number of nitrogens with one attached hydrogen (secondary N) is 1. The first-order chi connectivity index (χ1) is 7.20. The Hall–Kier alpha value is -1.71. The molecule has 4 nitrogen and oxygen atoms in total. The lowest BCUT2D eigenvalue weighted by molar-refractivity contribution is -0.143. The fraction of sp³-hybridized carbons (Fsp3) is 0.364. The third-order valence-corrected chi connectivity index (χ3v) is 2.42. The summed E-state index contributed by atoms with van der Waals surface area (Å²) < 4.78 is 4.92. The quantitative estimate of drug-likeness (QED) is 0.717. The van der Waals surface area contributed by atoms with Crippen molar-refractivity contribution in [1.29, 1.82) is 0 Å². The number of hydrogen-bond acceptors (Lipinski definition) is 4. The molecule has 4 heteroatoms. The number of phenols is 1. The number of ether oxygens (including phenoxy) is 1. The lowest BCUT2D eigenvalue weighted by Gasteiger charge is -2.09. The molecule has 0 fully saturated rings. The maximum absolute atomic E-state index is 11.5. The molecular formula is C11H13NO3. The van der Waals surface area contributed by atoms with Crippen LogP contribution in [-0.4, -0.2) is 23.7 Å². The third kappa shape index (κ3) is 1.88. The van der Waals surface area contributed by atoms with E-state index in [1.165, 1.54) is 0 Å². The summed E-state index contributed by atoms with van der Waals surface area (Å²) in [5.74, 6) is -0.0426. The highest BCUT2D eigenvalue weighted by Gasteiger charge is 2.27. The summed E-state index contributed by atoms with van der Waals surface area (Å²) >= 11 is 0. The van der Waals surface area contributed by atoms with Gasteiger partial charge in [0.25, 0.3) is 0 Å². The van der Waals surface area contributed by atoms with Gasteiger partial charge in [-0.1, -0.05) is 6.07 Å². The lowest BCUT2D eigenvalue weighted by Crippen LogP contribution is -2.28. The van der Waals surface area contributed by atoms with Gasteiger partial charge < -0.3 is 15.2 Å². The Morgan fingerprint density at radius 3 is 3.20 bits per heavy atom. The molecule has 2 rings (SSSR count). The summed E-state index contributed by atoms with van der Waals surface area (Å²) in [4.78, 5) is 11.5. The van der Waals surface area contributed by atoms with Gasteiger partial charge in [-0.3, -0.25) is 0 Å². The van der Waals surface area contributed by atoms with Crippen molar-refractivity contribution < 1.29 is 14.6 Å². The molecule has 0 bridgehead atoms. The molecule has 0 saturated carbocycles. The summed E-state index contributed by atoms with van der Waals surface area (Å²) in [6, 6.07) is 4.74. The van der Waals surface area contributed by atoms with Crippen LogP contribution >= 0.6 is 0 Å². The third-order valence-electron chi connectivity index (χ3n) is 2.42. The molecule has 1 atom stereocenters. The standard InChI is InChI=1S/C11H13NO3/c1-2-15-11(14)10-5-7-3-4-8(13)6-9(7)12-10/h3-4,6,10,12-13H,2,5H2,1H3/t10-/m1/s1. The SMILES string of the molecule is CCOC(=O)[C@H]1Cc2ccc(O)cc2N1. The Balaban J connectivity index is 2.12. The van der Waals surface area contributed by atoms with E-state index in [-0.39, 0.29) is 17.8 Å². The van der Waals surface area contributed by atoms with E-state index in [9.17, 15) is 9.90 Å². The van der Waals surface area contributed by atoms with Gasteiger partial charge in [-0.15, -0.1) is 0 Å². The number of hydrogen-bond donors (Lipinski definition) is 2. The van der Waals surface area contributed by atoms with Gasteiger partial charge in [-0.05, 0) is 18.6 Å².